The van der Waals surface area contributed by atoms with Gasteiger partial charge in [0.25, 0.3) is 5.91 Å². The van der Waals surface area contributed by atoms with E-state index in [1.54, 1.807) is 6.33 Å². The summed E-state index contributed by atoms with van der Waals surface area (Å²) >= 11 is 0. The van der Waals surface area contributed by atoms with Crippen molar-refractivity contribution in [3.8, 4) is 0 Å². The number of hydrogen-bond donors (Lipinski definition) is 1. The van der Waals surface area contributed by atoms with Gasteiger partial charge >= 0.3 is 0 Å². The second-order valence-corrected chi connectivity index (χ2v) is 6.06. The number of aryl methyl sites for hydroxylation is 3. The Morgan fingerprint density at radius 2 is 2.08 bits per heavy atom. The summed E-state index contributed by atoms with van der Waals surface area (Å²) in [6.45, 7) is 7.40. The molecule has 0 unspecified atom stereocenters. The Morgan fingerprint density at radius 3 is 2.84 bits per heavy atom. The Kier molecular flexibility index (Phi) is 5.07. The van der Waals surface area contributed by atoms with Gasteiger partial charge in [-0.1, -0.05) is 13.0 Å². The summed E-state index contributed by atoms with van der Waals surface area (Å²) in [5.74, 6) is 0.804. The van der Waals surface area contributed by atoms with Crippen LogP contribution in [0.2, 0.25) is 0 Å². The Bertz CT molecular complexity index is 900. The number of carbonyl (C=O) groups excluding carboxylic acids is 1. The summed E-state index contributed by atoms with van der Waals surface area (Å²) in [5, 5.41) is 11.9. The summed E-state index contributed by atoms with van der Waals surface area (Å²) in [7, 11) is 0. The maximum atomic E-state index is 12.7. The third-order valence-electron chi connectivity index (χ3n) is 4.32. The quantitative estimate of drug-likeness (QED) is 0.750. The lowest BCUT2D eigenvalue weighted by molar-refractivity contribution is 0.0955. The van der Waals surface area contributed by atoms with E-state index in [0.29, 0.717) is 18.5 Å². The van der Waals surface area contributed by atoms with E-state index in [4.69, 9.17) is 0 Å². The summed E-state index contributed by atoms with van der Waals surface area (Å²) < 4.78 is 1.98. The fourth-order valence-electron chi connectivity index (χ4n) is 2.93. The van der Waals surface area contributed by atoms with E-state index < -0.39 is 0 Å². The molecule has 1 N–H and O–H groups in total. The first-order valence-corrected chi connectivity index (χ1v) is 8.67. The monoisotopic (exact) mass is 337 g/mol. The van der Waals surface area contributed by atoms with Crippen molar-refractivity contribution in [1.29, 1.82) is 0 Å². The van der Waals surface area contributed by atoms with Crippen molar-refractivity contribution in [2.24, 2.45) is 0 Å². The van der Waals surface area contributed by atoms with Gasteiger partial charge in [-0.15, -0.1) is 10.2 Å². The van der Waals surface area contributed by atoms with Crippen LogP contribution in [-0.2, 0) is 19.4 Å². The lowest BCUT2D eigenvalue weighted by Crippen LogP contribution is -2.27. The molecule has 0 atom stereocenters. The zero-order valence-corrected chi connectivity index (χ0v) is 14.9. The SMILES string of the molecule is CCc1ccc2nc(C)cc(C(=O)NCCc3nncn3CC)c2c1. The van der Waals surface area contributed by atoms with E-state index in [1.165, 1.54) is 5.56 Å². The minimum absolute atomic E-state index is 0.0775. The van der Waals surface area contributed by atoms with Gasteiger partial charge in [-0.2, -0.15) is 0 Å². The Hall–Kier alpha value is -2.76. The smallest absolute Gasteiger partial charge is 0.252 e. The number of pyridine rings is 1. The number of hydrogen-bond acceptors (Lipinski definition) is 4. The number of carbonyl (C=O) groups is 1. The van der Waals surface area contributed by atoms with Crippen molar-refractivity contribution in [1.82, 2.24) is 25.1 Å². The highest BCUT2D eigenvalue weighted by Gasteiger charge is 2.13. The first kappa shape index (κ1) is 17.1. The molecular weight excluding hydrogens is 314 g/mol. The number of aromatic nitrogens is 4. The molecular formula is C19H23N5O. The molecule has 0 aliphatic heterocycles. The van der Waals surface area contributed by atoms with E-state index in [9.17, 15) is 4.79 Å². The fraction of sp³-hybridized carbons (Fsp3) is 0.368. The molecule has 0 fully saturated rings. The molecule has 130 valence electrons. The highest BCUT2D eigenvalue weighted by molar-refractivity contribution is 6.06. The third-order valence-corrected chi connectivity index (χ3v) is 4.32. The number of rotatable bonds is 6. The molecule has 2 aromatic heterocycles. The maximum absolute atomic E-state index is 12.7. The van der Waals surface area contributed by atoms with Crippen LogP contribution in [0.1, 0.15) is 41.3 Å². The molecule has 0 radical (unpaired) electrons. The molecule has 0 aliphatic carbocycles. The van der Waals surface area contributed by atoms with Crippen LogP contribution in [0.3, 0.4) is 0 Å². The van der Waals surface area contributed by atoms with E-state index >= 15 is 0 Å². The predicted octanol–water partition coefficient (Wildman–Crippen LogP) is 2.69. The van der Waals surface area contributed by atoms with Crippen LogP contribution in [0.15, 0.2) is 30.6 Å². The second-order valence-electron chi connectivity index (χ2n) is 6.06. The molecule has 0 bridgehead atoms. The minimum Gasteiger partial charge on any atom is -0.352 e. The number of fused-ring (bicyclic) bond motifs is 1. The van der Waals surface area contributed by atoms with Gasteiger partial charge in [-0.25, -0.2) is 0 Å². The molecule has 0 spiro atoms. The number of nitrogens with one attached hydrogen (secondary N) is 1. The number of benzene rings is 1. The molecule has 0 aliphatic rings. The van der Waals surface area contributed by atoms with Crippen molar-refractivity contribution in [2.75, 3.05) is 6.54 Å². The van der Waals surface area contributed by atoms with Crippen LogP contribution in [-0.4, -0.2) is 32.2 Å². The van der Waals surface area contributed by atoms with Gasteiger partial charge in [0.15, 0.2) is 0 Å². The van der Waals surface area contributed by atoms with E-state index in [2.05, 4.69) is 39.6 Å². The third kappa shape index (κ3) is 3.68. The van der Waals surface area contributed by atoms with Crippen LogP contribution in [0.4, 0.5) is 0 Å². The first-order valence-electron chi connectivity index (χ1n) is 8.67. The normalized spacial score (nSPS) is 11.0. The van der Waals surface area contributed by atoms with Gasteiger partial charge in [0.2, 0.25) is 0 Å². The first-order chi connectivity index (χ1) is 12.1. The van der Waals surface area contributed by atoms with Gasteiger partial charge in [-0.3, -0.25) is 9.78 Å². The Morgan fingerprint density at radius 1 is 1.24 bits per heavy atom. The highest BCUT2D eigenvalue weighted by Crippen LogP contribution is 2.20. The van der Waals surface area contributed by atoms with Gasteiger partial charge in [-0.05, 0) is 44.0 Å². The van der Waals surface area contributed by atoms with Gasteiger partial charge in [0.05, 0.1) is 11.1 Å². The molecule has 0 saturated carbocycles. The molecule has 1 aromatic carbocycles. The van der Waals surface area contributed by atoms with Crippen molar-refractivity contribution >= 4 is 16.8 Å². The predicted molar refractivity (Wildman–Crippen MR) is 97.6 cm³/mol. The molecule has 25 heavy (non-hydrogen) atoms. The summed E-state index contributed by atoms with van der Waals surface area (Å²) in [4.78, 5) is 17.2. The zero-order chi connectivity index (χ0) is 17.8. The van der Waals surface area contributed by atoms with Crippen LogP contribution in [0.25, 0.3) is 10.9 Å². The molecule has 3 aromatic rings. The standard InChI is InChI=1S/C19H23N5O/c1-4-14-6-7-17-15(11-14)16(10-13(3)22-17)19(25)20-9-8-18-23-21-12-24(18)5-2/h6-7,10-12H,4-5,8-9H2,1-3H3,(H,20,25). The van der Waals surface area contributed by atoms with Crippen molar-refractivity contribution in [3.05, 3.63) is 53.2 Å². The van der Waals surface area contributed by atoms with Crippen LogP contribution >= 0.6 is 0 Å². The van der Waals surface area contributed by atoms with Crippen molar-refractivity contribution < 1.29 is 4.79 Å². The van der Waals surface area contributed by atoms with E-state index in [-0.39, 0.29) is 5.91 Å². The fourth-order valence-corrected chi connectivity index (χ4v) is 2.93. The van der Waals surface area contributed by atoms with Gasteiger partial charge in [0, 0.05) is 30.6 Å². The summed E-state index contributed by atoms with van der Waals surface area (Å²) in [6.07, 6.45) is 3.29. The molecule has 6 heteroatoms. The molecule has 6 nitrogen and oxygen atoms in total. The van der Waals surface area contributed by atoms with Crippen LogP contribution in [0, 0.1) is 6.92 Å². The number of nitrogens with zero attached hydrogens (tertiary/aromatic N) is 4. The van der Waals surface area contributed by atoms with Crippen molar-refractivity contribution in [2.45, 2.75) is 40.2 Å². The average Bonchev–Trinajstić information content (AvgIpc) is 3.08. The maximum Gasteiger partial charge on any atom is 0.252 e. The van der Waals surface area contributed by atoms with Gasteiger partial charge in [0.1, 0.15) is 12.2 Å². The van der Waals surface area contributed by atoms with Crippen LogP contribution < -0.4 is 5.32 Å². The molecule has 0 saturated heterocycles. The topological polar surface area (TPSA) is 72.7 Å². The molecule has 3 rings (SSSR count). The lowest BCUT2D eigenvalue weighted by Gasteiger charge is -2.10. The van der Waals surface area contributed by atoms with Crippen LogP contribution in [0.5, 0.6) is 0 Å². The molecule has 1 amide bonds. The Labute approximate surface area is 147 Å². The van der Waals surface area contributed by atoms with E-state index in [1.807, 2.05) is 30.5 Å². The molecule has 2 heterocycles. The summed E-state index contributed by atoms with van der Waals surface area (Å²) in [6, 6.07) is 7.96. The highest BCUT2D eigenvalue weighted by atomic mass is 16.1. The van der Waals surface area contributed by atoms with Gasteiger partial charge < -0.3 is 9.88 Å². The van der Waals surface area contributed by atoms with E-state index in [0.717, 1.165) is 35.4 Å². The lowest BCUT2D eigenvalue weighted by atomic mass is 10.0. The zero-order valence-electron chi connectivity index (χ0n) is 14.9. The number of amides is 1. The van der Waals surface area contributed by atoms with Crippen molar-refractivity contribution in [3.63, 3.8) is 0 Å². The second kappa shape index (κ2) is 7.42. The summed E-state index contributed by atoms with van der Waals surface area (Å²) in [5.41, 5.74) is 3.57. The minimum atomic E-state index is -0.0775. The average molecular weight is 337 g/mol. The largest absolute Gasteiger partial charge is 0.352 e. The Balaban J connectivity index is 1.79.